The van der Waals surface area contributed by atoms with Crippen LogP contribution in [0.1, 0.15) is 36.5 Å². The van der Waals surface area contributed by atoms with Gasteiger partial charge < -0.3 is 10.4 Å². The number of carboxylic acids is 1. The Morgan fingerprint density at radius 2 is 1.64 bits per heavy atom. The second-order valence-electron chi connectivity index (χ2n) is 6.27. The fourth-order valence-electron chi connectivity index (χ4n) is 2.72. The summed E-state index contributed by atoms with van der Waals surface area (Å²) in [6.45, 7) is 3.28. The number of allylic oxidation sites excluding steroid dienone is 1. The molecule has 0 amide bonds. The zero-order chi connectivity index (χ0) is 17.9. The van der Waals surface area contributed by atoms with E-state index in [0.717, 1.165) is 19.3 Å². The summed E-state index contributed by atoms with van der Waals surface area (Å²) in [4.78, 5) is 10.4. The molecule has 0 saturated carbocycles. The molecular formula is C22H27NO2. The Morgan fingerprint density at radius 3 is 2.28 bits per heavy atom. The fraction of sp³-hybridized carbons (Fsp3) is 0.318. The van der Waals surface area contributed by atoms with Gasteiger partial charge in [0.15, 0.2) is 0 Å². The molecule has 0 radical (unpaired) electrons. The highest BCUT2D eigenvalue weighted by Crippen LogP contribution is 2.16. The van der Waals surface area contributed by atoms with Crippen LogP contribution in [0.2, 0.25) is 0 Å². The zero-order valence-corrected chi connectivity index (χ0v) is 14.9. The number of hydrogen-bond donors (Lipinski definition) is 2. The summed E-state index contributed by atoms with van der Waals surface area (Å²) in [5, 5.41) is 11.7. The minimum absolute atomic E-state index is 0.157. The molecule has 0 saturated heterocycles. The predicted octanol–water partition coefficient (Wildman–Crippen LogP) is 4.33. The second-order valence-corrected chi connectivity index (χ2v) is 6.27. The van der Waals surface area contributed by atoms with Crippen molar-refractivity contribution in [1.29, 1.82) is 0 Å². The van der Waals surface area contributed by atoms with Crippen LogP contribution in [0.25, 0.3) is 5.57 Å². The molecule has 3 nitrogen and oxygen atoms in total. The Labute approximate surface area is 150 Å². The highest BCUT2D eigenvalue weighted by molar-refractivity contribution is 5.67. The Bertz CT molecular complexity index is 675. The summed E-state index contributed by atoms with van der Waals surface area (Å²) < 4.78 is 0. The van der Waals surface area contributed by atoms with Gasteiger partial charge >= 0.3 is 5.97 Å². The van der Waals surface area contributed by atoms with Crippen molar-refractivity contribution >= 4 is 11.5 Å². The summed E-state index contributed by atoms with van der Waals surface area (Å²) in [5.41, 5.74) is 5.19. The fourth-order valence-corrected chi connectivity index (χ4v) is 2.72. The molecule has 132 valence electrons. The van der Waals surface area contributed by atoms with Crippen molar-refractivity contribution in [2.45, 2.75) is 32.6 Å². The maximum atomic E-state index is 10.4. The maximum absolute atomic E-state index is 10.4. The molecule has 0 bridgehead atoms. The molecule has 0 unspecified atom stereocenters. The number of aliphatic carboxylic acids is 1. The van der Waals surface area contributed by atoms with E-state index in [-0.39, 0.29) is 6.42 Å². The molecule has 0 aliphatic carbocycles. The summed E-state index contributed by atoms with van der Waals surface area (Å²) in [5.74, 6) is -0.768. The van der Waals surface area contributed by atoms with Crippen LogP contribution >= 0.6 is 0 Å². The Hall–Kier alpha value is -2.39. The van der Waals surface area contributed by atoms with Crippen LogP contribution in [0, 0.1) is 0 Å². The van der Waals surface area contributed by atoms with Gasteiger partial charge in [-0.15, -0.1) is 0 Å². The van der Waals surface area contributed by atoms with Crippen LogP contribution in [0.15, 0.2) is 60.7 Å². The van der Waals surface area contributed by atoms with Gasteiger partial charge in [0, 0.05) is 13.1 Å². The van der Waals surface area contributed by atoms with Crippen molar-refractivity contribution in [3.63, 3.8) is 0 Å². The third-order valence-electron chi connectivity index (χ3n) is 4.25. The number of aryl methyl sites for hydroxylation is 2. The first-order chi connectivity index (χ1) is 12.1. The first kappa shape index (κ1) is 18.9. The summed E-state index contributed by atoms with van der Waals surface area (Å²) in [6.07, 6.45) is 5.63. The van der Waals surface area contributed by atoms with Crippen molar-refractivity contribution < 1.29 is 9.90 Å². The van der Waals surface area contributed by atoms with Crippen LogP contribution in [0.3, 0.4) is 0 Å². The van der Waals surface area contributed by atoms with E-state index in [2.05, 4.69) is 72.9 Å². The van der Waals surface area contributed by atoms with Gasteiger partial charge in [-0.05, 0) is 48.4 Å². The number of nitrogens with one attached hydrogen (secondary N) is 1. The van der Waals surface area contributed by atoms with Gasteiger partial charge in [-0.1, -0.05) is 60.7 Å². The molecule has 0 aliphatic heterocycles. The monoisotopic (exact) mass is 337 g/mol. The Morgan fingerprint density at radius 1 is 1.00 bits per heavy atom. The van der Waals surface area contributed by atoms with E-state index < -0.39 is 5.97 Å². The number of carboxylic acid groups (broad SMARTS) is 1. The zero-order valence-electron chi connectivity index (χ0n) is 14.9. The van der Waals surface area contributed by atoms with E-state index in [0.29, 0.717) is 13.1 Å². The summed E-state index contributed by atoms with van der Waals surface area (Å²) in [6, 6.07) is 19.3. The number of hydrogen-bond acceptors (Lipinski definition) is 2. The maximum Gasteiger partial charge on any atom is 0.304 e. The standard InChI is InChI=1S/C22H27NO2/c1-18(14-16-23-17-15-22(24)25)21-12-10-20(11-13-21)9-5-8-19-6-3-2-4-7-19/h2-4,6-7,10-14,23H,5,8-9,15-17H2,1H3,(H,24,25). The molecular weight excluding hydrogens is 310 g/mol. The van der Waals surface area contributed by atoms with E-state index in [9.17, 15) is 4.79 Å². The van der Waals surface area contributed by atoms with E-state index in [1.165, 1.54) is 22.3 Å². The van der Waals surface area contributed by atoms with Gasteiger partial charge in [0.2, 0.25) is 0 Å². The number of carbonyl (C=O) groups is 1. The first-order valence-electron chi connectivity index (χ1n) is 8.87. The molecule has 0 aliphatic rings. The first-order valence-corrected chi connectivity index (χ1v) is 8.87. The minimum atomic E-state index is -0.768. The lowest BCUT2D eigenvalue weighted by Crippen LogP contribution is -2.18. The van der Waals surface area contributed by atoms with Crippen LogP contribution < -0.4 is 5.32 Å². The molecule has 0 fully saturated rings. The van der Waals surface area contributed by atoms with Crippen LogP contribution in [-0.4, -0.2) is 24.2 Å². The van der Waals surface area contributed by atoms with Gasteiger partial charge in [-0.3, -0.25) is 4.79 Å². The van der Waals surface area contributed by atoms with Crippen molar-refractivity contribution in [1.82, 2.24) is 5.32 Å². The van der Waals surface area contributed by atoms with E-state index in [1.54, 1.807) is 0 Å². The molecule has 2 N–H and O–H groups in total. The highest BCUT2D eigenvalue weighted by Gasteiger charge is 1.99. The molecule has 25 heavy (non-hydrogen) atoms. The van der Waals surface area contributed by atoms with Crippen LogP contribution in [-0.2, 0) is 17.6 Å². The molecule has 0 atom stereocenters. The van der Waals surface area contributed by atoms with Crippen molar-refractivity contribution in [3.8, 4) is 0 Å². The molecule has 3 heteroatoms. The lowest BCUT2D eigenvalue weighted by atomic mass is 10.0. The highest BCUT2D eigenvalue weighted by atomic mass is 16.4. The molecule has 2 aromatic rings. The van der Waals surface area contributed by atoms with E-state index in [1.807, 2.05) is 0 Å². The number of benzene rings is 2. The minimum Gasteiger partial charge on any atom is -0.481 e. The third kappa shape index (κ3) is 7.36. The average Bonchev–Trinajstić information content (AvgIpc) is 2.62. The van der Waals surface area contributed by atoms with E-state index in [4.69, 9.17) is 5.11 Å². The predicted molar refractivity (Wildman–Crippen MR) is 104 cm³/mol. The quantitative estimate of drug-likeness (QED) is 0.635. The SMILES string of the molecule is CC(=CCNCCC(=O)O)c1ccc(CCCc2ccccc2)cc1. The second kappa shape index (κ2) is 10.5. The van der Waals surface area contributed by atoms with Crippen molar-refractivity contribution in [3.05, 3.63) is 77.4 Å². The molecule has 0 heterocycles. The van der Waals surface area contributed by atoms with Gasteiger partial charge in [-0.2, -0.15) is 0 Å². The molecule has 0 aromatic heterocycles. The molecule has 2 aromatic carbocycles. The Kier molecular flexibility index (Phi) is 7.93. The lowest BCUT2D eigenvalue weighted by molar-refractivity contribution is -0.136. The lowest BCUT2D eigenvalue weighted by Gasteiger charge is -2.06. The third-order valence-corrected chi connectivity index (χ3v) is 4.25. The van der Waals surface area contributed by atoms with Crippen LogP contribution in [0.5, 0.6) is 0 Å². The molecule has 2 rings (SSSR count). The van der Waals surface area contributed by atoms with Gasteiger partial charge in [-0.25, -0.2) is 0 Å². The smallest absolute Gasteiger partial charge is 0.304 e. The van der Waals surface area contributed by atoms with Crippen LogP contribution in [0.4, 0.5) is 0 Å². The normalized spacial score (nSPS) is 11.5. The Balaban J connectivity index is 1.75. The van der Waals surface area contributed by atoms with E-state index >= 15 is 0 Å². The van der Waals surface area contributed by atoms with Gasteiger partial charge in [0.25, 0.3) is 0 Å². The summed E-state index contributed by atoms with van der Waals surface area (Å²) >= 11 is 0. The largest absolute Gasteiger partial charge is 0.481 e. The van der Waals surface area contributed by atoms with Gasteiger partial charge in [0.05, 0.1) is 6.42 Å². The molecule has 0 spiro atoms. The van der Waals surface area contributed by atoms with Crippen molar-refractivity contribution in [2.75, 3.05) is 13.1 Å². The summed E-state index contributed by atoms with van der Waals surface area (Å²) in [7, 11) is 0. The van der Waals surface area contributed by atoms with Gasteiger partial charge in [0.1, 0.15) is 0 Å². The topological polar surface area (TPSA) is 49.3 Å². The number of rotatable bonds is 10. The average molecular weight is 337 g/mol. The van der Waals surface area contributed by atoms with Crippen molar-refractivity contribution in [2.24, 2.45) is 0 Å².